The van der Waals surface area contributed by atoms with Crippen molar-refractivity contribution in [1.29, 1.82) is 0 Å². The SMILES string of the molecule is c1ccc(N(c2ccccc2)c2cccc3c2oc2cc(-c4cccc5c4oc4c(-c6cccc7c6oc6ccccc67)cccc45)ccc23)cc1. The first-order valence-corrected chi connectivity index (χ1v) is 17.5. The van der Waals surface area contributed by atoms with E-state index in [9.17, 15) is 0 Å². The van der Waals surface area contributed by atoms with Gasteiger partial charge in [-0.15, -0.1) is 0 Å². The summed E-state index contributed by atoms with van der Waals surface area (Å²) in [6.07, 6.45) is 0. The van der Waals surface area contributed by atoms with Gasteiger partial charge in [-0.1, -0.05) is 127 Å². The zero-order valence-electron chi connectivity index (χ0n) is 27.9. The van der Waals surface area contributed by atoms with Crippen molar-refractivity contribution < 1.29 is 13.3 Å². The van der Waals surface area contributed by atoms with Crippen molar-refractivity contribution in [3.8, 4) is 22.3 Å². The van der Waals surface area contributed by atoms with Gasteiger partial charge in [-0.25, -0.2) is 0 Å². The van der Waals surface area contributed by atoms with E-state index in [0.717, 1.165) is 105 Å². The van der Waals surface area contributed by atoms with E-state index in [-0.39, 0.29) is 0 Å². The lowest BCUT2D eigenvalue weighted by Gasteiger charge is -2.25. The van der Waals surface area contributed by atoms with Crippen LogP contribution in [0.25, 0.3) is 88.1 Å². The fourth-order valence-electron chi connectivity index (χ4n) is 7.93. The molecule has 0 atom stereocenters. The number of benzene rings is 8. The third-order valence-corrected chi connectivity index (χ3v) is 10.3. The van der Waals surface area contributed by atoms with E-state index in [1.807, 2.05) is 24.3 Å². The van der Waals surface area contributed by atoms with E-state index >= 15 is 0 Å². The molecule has 0 saturated heterocycles. The normalized spacial score (nSPS) is 11.8. The Balaban J connectivity index is 1.08. The lowest BCUT2D eigenvalue weighted by molar-refractivity contribution is 0.665. The second-order valence-electron chi connectivity index (χ2n) is 13.2. The van der Waals surface area contributed by atoms with Gasteiger partial charge in [-0.2, -0.15) is 0 Å². The van der Waals surface area contributed by atoms with Crippen molar-refractivity contribution in [3.05, 3.63) is 176 Å². The molecule has 0 fully saturated rings. The Morgan fingerprint density at radius 3 is 1.48 bits per heavy atom. The summed E-state index contributed by atoms with van der Waals surface area (Å²) in [6, 6.07) is 61.0. The van der Waals surface area contributed by atoms with Crippen LogP contribution in [-0.2, 0) is 0 Å². The molecule has 11 aromatic rings. The monoisotopic (exact) mass is 667 g/mol. The first-order chi connectivity index (χ1) is 25.8. The maximum Gasteiger partial charge on any atom is 0.159 e. The molecule has 3 aromatic heterocycles. The van der Waals surface area contributed by atoms with Crippen molar-refractivity contribution in [2.75, 3.05) is 4.90 Å². The molecule has 0 N–H and O–H groups in total. The van der Waals surface area contributed by atoms with Crippen LogP contribution in [0.3, 0.4) is 0 Å². The van der Waals surface area contributed by atoms with Crippen LogP contribution < -0.4 is 4.90 Å². The Hall–Kier alpha value is -7.04. The number of anilines is 3. The third-order valence-electron chi connectivity index (χ3n) is 10.3. The Bertz CT molecular complexity index is 3090. The van der Waals surface area contributed by atoms with Gasteiger partial charge in [0.2, 0.25) is 0 Å². The quantitative estimate of drug-likeness (QED) is 0.183. The lowest BCUT2D eigenvalue weighted by atomic mass is 9.98. The highest BCUT2D eigenvalue weighted by atomic mass is 16.3. The Labute approximate surface area is 298 Å². The molecule has 0 aliphatic carbocycles. The molecular formula is C48H29NO3. The number of furan rings is 3. The number of nitrogens with zero attached hydrogens (tertiary/aromatic N) is 1. The van der Waals surface area contributed by atoms with Gasteiger partial charge < -0.3 is 18.2 Å². The van der Waals surface area contributed by atoms with Gasteiger partial charge in [0.25, 0.3) is 0 Å². The molecule has 0 spiro atoms. The van der Waals surface area contributed by atoms with Crippen molar-refractivity contribution in [3.63, 3.8) is 0 Å². The van der Waals surface area contributed by atoms with Crippen LogP contribution in [0.1, 0.15) is 0 Å². The highest BCUT2D eigenvalue weighted by Crippen LogP contribution is 2.45. The van der Waals surface area contributed by atoms with Gasteiger partial charge in [0.1, 0.15) is 27.9 Å². The highest BCUT2D eigenvalue weighted by molar-refractivity contribution is 6.17. The molecule has 0 unspecified atom stereocenters. The number of rotatable bonds is 5. The number of fused-ring (bicyclic) bond motifs is 9. The second-order valence-corrected chi connectivity index (χ2v) is 13.2. The number of para-hydroxylation sites is 7. The standard InChI is InChI=1S/C48H29NO3/c1-3-13-31(14-4-1)49(32-15-5-2-6-16-32)42-25-12-24-37-35-28-27-30(29-44(35)51-48(37)42)33-18-9-20-38-40-22-11-23-41(47(40)52-45(33)38)39-21-10-19-36-34-17-7-8-26-43(34)50-46(36)39/h1-29H. The fraction of sp³-hybridized carbons (Fsp3) is 0. The summed E-state index contributed by atoms with van der Waals surface area (Å²) in [4.78, 5) is 2.25. The molecule has 0 amide bonds. The Morgan fingerprint density at radius 2 is 0.788 bits per heavy atom. The van der Waals surface area contributed by atoms with E-state index < -0.39 is 0 Å². The van der Waals surface area contributed by atoms with Gasteiger partial charge in [-0.3, -0.25) is 0 Å². The molecule has 3 heterocycles. The van der Waals surface area contributed by atoms with E-state index in [4.69, 9.17) is 13.3 Å². The van der Waals surface area contributed by atoms with Crippen LogP contribution in [-0.4, -0.2) is 0 Å². The maximum atomic E-state index is 6.89. The minimum atomic E-state index is 0.825. The van der Waals surface area contributed by atoms with Crippen LogP contribution in [0.15, 0.2) is 189 Å². The van der Waals surface area contributed by atoms with Crippen molar-refractivity contribution >= 4 is 82.9 Å². The predicted molar refractivity (Wildman–Crippen MR) is 214 cm³/mol. The predicted octanol–water partition coefficient (Wildman–Crippen LogP) is 14.2. The summed E-state index contributed by atoms with van der Waals surface area (Å²) in [5.74, 6) is 0. The van der Waals surface area contributed by atoms with E-state index in [0.29, 0.717) is 0 Å². The Morgan fingerprint density at radius 1 is 0.308 bits per heavy atom. The first kappa shape index (κ1) is 28.8. The van der Waals surface area contributed by atoms with E-state index in [1.165, 1.54) is 0 Å². The number of hydrogen-bond acceptors (Lipinski definition) is 4. The van der Waals surface area contributed by atoms with Crippen LogP contribution >= 0.6 is 0 Å². The van der Waals surface area contributed by atoms with Crippen LogP contribution in [0.4, 0.5) is 17.1 Å². The minimum Gasteiger partial charge on any atom is -0.455 e. The average molecular weight is 668 g/mol. The molecule has 0 radical (unpaired) electrons. The molecule has 0 bridgehead atoms. The smallest absolute Gasteiger partial charge is 0.159 e. The highest BCUT2D eigenvalue weighted by Gasteiger charge is 2.21. The van der Waals surface area contributed by atoms with Crippen LogP contribution in [0.5, 0.6) is 0 Å². The topological polar surface area (TPSA) is 42.7 Å². The maximum absolute atomic E-state index is 6.89. The fourth-order valence-corrected chi connectivity index (χ4v) is 7.93. The molecule has 4 heteroatoms. The molecule has 52 heavy (non-hydrogen) atoms. The molecular weight excluding hydrogens is 639 g/mol. The summed E-state index contributed by atoms with van der Waals surface area (Å²) in [6.45, 7) is 0. The summed E-state index contributed by atoms with van der Waals surface area (Å²) >= 11 is 0. The first-order valence-electron chi connectivity index (χ1n) is 17.5. The molecule has 0 saturated carbocycles. The minimum absolute atomic E-state index is 0.825. The molecule has 8 aromatic carbocycles. The number of hydrogen-bond donors (Lipinski definition) is 0. The van der Waals surface area contributed by atoms with Crippen molar-refractivity contribution in [2.24, 2.45) is 0 Å². The zero-order valence-corrected chi connectivity index (χ0v) is 27.9. The summed E-state index contributed by atoms with van der Waals surface area (Å²) in [5.41, 5.74) is 12.3. The van der Waals surface area contributed by atoms with E-state index in [1.54, 1.807) is 0 Å². The molecule has 0 aliphatic heterocycles. The zero-order chi connectivity index (χ0) is 34.2. The van der Waals surface area contributed by atoms with Gasteiger partial charge >= 0.3 is 0 Å². The second kappa shape index (κ2) is 11.2. The van der Waals surface area contributed by atoms with Crippen molar-refractivity contribution in [1.82, 2.24) is 0 Å². The van der Waals surface area contributed by atoms with E-state index in [2.05, 4.69) is 157 Å². The van der Waals surface area contributed by atoms with Crippen LogP contribution in [0, 0.1) is 0 Å². The summed E-state index contributed by atoms with van der Waals surface area (Å²) in [7, 11) is 0. The lowest BCUT2D eigenvalue weighted by Crippen LogP contribution is -2.09. The van der Waals surface area contributed by atoms with Crippen molar-refractivity contribution in [2.45, 2.75) is 0 Å². The molecule has 244 valence electrons. The Kier molecular flexibility index (Phi) is 6.22. The summed E-state index contributed by atoms with van der Waals surface area (Å²) < 4.78 is 20.1. The van der Waals surface area contributed by atoms with Gasteiger partial charge in [0, 0.05) is 60.4 Å². The molecule has 11 rings (SSSR count). The average Bonchev–Trinajstić information content (AvgIpc) is 3.90. The molecule has 4 nitrogen and oxygen atoms in total. The van der Waals surface area contributed by atoms with Gasteiger partial charge in [0.15, 0.2) is 5.58 Å². The molecule has 0 aliphatic rings. The largest absolute Gasteiger partial charge is 0.455 e. The van der Waals surface area contributed by atoms with Gasteiger partial charge in [-0.05, 0) is 54.1 Å². The van der Waals surface area contributed by atoms with Gasteiger partial charge in [0.05, 0.1) is 5.69 Å². The van der Waals surface area contributed by atoms with Crippen LogP contribution in [0.2, 0.25) is 0 Å². The third kappa shape index (κ3) is 4.28. The summed E-state index contributed by atoms with van der Waals surface area (Å²) in [5, 5.41) is 6.49.